The third kappa shape index (κ3) is 3.48. The van der Waals surface area contributed by atoms with Gasteiger partial charge in [0.25, 0.3) is 5.56 Å². The lowest BCUT2D eigenvalue weighted by atomic mass is 9.92. The first-order valence-corrected chi connectivity index (χ1v) is 10.2. The van der Waals surface area contributed by atoms with Crippen LogP contribution in [0.3, 0.4) is 0 Å². The summed E-state index contributed by atoms with van der Waals surface area (Å²) in [4.78, 5) is 20.4. The summed E-state index contributed by atoms with van der Waals surface area (Å²) in [6.07, 6.45) is 4.80. The number of hydrogen-bond donors (Lipinski definition) is 2. The van der Waals surface area contributed by atoms with Crippen LogP contribution in [0.15, 0.2) is 83.0 Å². The van der Waals surface area contributed by atoms with Gasteiger partial charge in [-0.25, -0.2) is 0 Å². The van der Waals surface area contributed by atoms with Gasteiger partial charge < -0.3 is 10.4 Å². The van der Waals surface area contributed by atoms with Crippen LogP contribution in [0.1, 0.15) is 34.7 Å². The van der Waals surface area contributed by atoms with Crippen LogP contribution in [0.4, 0.5) is 0 Å². The lowest BCUT2D eigenvalue weighted by Gasteiger charge is -2.14. The molecule has 5 rings (SSSR count). The number of aromatic nitrogens is 2. The number of benzene rings is 2. The van der Waals surface area contributed by atoms with Gasteiger partial charge in [0.15, 0.2) is 0 Å². The van der Waals surface area contributed by atoms with Gasteiger partial charge in [0.1, 0.15) is 0 Å². The second-order valence-corrected chi connectivity index (χ2v) is 7.83. The summed E-state index contributed by atoms with van der Waals surface area (Å²) >= 11 is 6.31. The van der Waals surface area contributed by atoms with E-state index in [2.05, 4.69) is 32.6 Å². The van der Waals surface area contributed by atoms with Crippen molar-refractivity contribution in [1.82, 2.24) is 15.4 Å². The van der Waals surface area contributed by atoms with Crippen LogP contribution in [0.2, 0.25) is 5.02 Å². The van der Waals surface area contributed by atoms with Crippen molar-refractivity contribution in [2.75, 3.05) is 0 Å². The minimum atomic E-state index is -0.136. The number of pyridine rings is 2. The van der Waals surface area contributed by atoms with Crippen molar-refractivity contribution in [3.8, 4) is 0 Å². The maximum Gasteiger partial charge on any atom is 0.257 e. The van der Waals surface area contributed by atoms with E-state index < -0.39 is 0 Å². The fourth-order valence-electron chi connectivity index (χ4n) is 3.99. The Kier molecular flexibility index (Phi) is 4.81. The number of H-pyrrole nitrogens is 1. The smallest absolute Gasteiger partial charge is 0.257 e. The van der Waals surface area contributed by atoms with Gasteiger partial charge in [0, 0.05) is 34.7 Å². The Morgan fingerprint density at radius 2 is 1.93 bits per heavy atom. The normalized spacial score (nSPS) is 15.8. The highest BCUT2D eigenvalue weighted by Gasteiger charge is 2.26. The highest BCUT2D eigenvalue weighted by molar-refractivity contribution is 6.31. The van der Waals surface area contributed by atoms with Crippen LogP contribution < -0.4 is 11.0 Å². The molecule has 0 radical (unpaired) electrons. The van der Waals surface area contributed by atoms with Gasteiger partial charge in [0.2, 0.25) is 0 Å². The highest BCUT2D eigenvalue weighted by Crippen LogP contribution is 2.29. The lowest BCUT2D eigenvalue weighted by Crippen LogP contribution is -2.21. The minimum Gasteiger partial charge on any atom is -0.321 e. The van der Waals surface area contributed by atoms with Crippen LogP contribution in [-0.4, -0.2) is 15.7 Å². The number of rotatable bonds is 4. The van der Waals surface area contributed by atoms with Crippen molar-refractivity contribution in [3.63, 3.8) is 0 Å². The Morgan fingerprint density at radius 3 is 2.73 bits per heavy atom. The molecule has 4 aromatic rings. The molecule has 0 aliphatic carbocycles. The van der Waals surface area contributed by atoms with E-state index in [4.69, 9.17) is 11.6 Å². The fraction of sp³-hybridized carbons (Fsp3) is 0.125. The van der Waals surface area contributed by atoms with Gasteiger partial charge in [-0.15, -0.1) is 0 Å². The Bertz CT molecular complexity index is 1300. The van der Waals surface area contributed by atoms with E-state index in [0.717, 1.165) is 33.3 Å². The molecule has 3 heterocycles. The number of hydrogen-bond acceptors (Lipinski definition) is 4. The maximum absolute atomic E-state index is 13.1. The highest BCUT2D eigenvalue weighted by atomic mass is 35.5. The molecule has 0 amide bonds. The molecule has 5 nitrogen and oxygen atoms in total. The van der Waals surface area contributed by atoms with Crippen molar-refractivity contribution in [2.45, 2.75) is 18.9 Å². The number of fused-ring (bicyclic) bond motifs is 1. The molecule has 0 spiro atoms. The van der Waals surface area contributed by atoms with Crippen LogP contribution in [0.25, 0.3) is 10.9 Å². The van der Waals surface area contributed by atoms with E-state index in [0.29, 0.717) is 23.4 Å². The van der Waals surface area contributed by atoms with Gasteiger partial charge >= 0.3 is 0 Å². The third-order valence-corrected chi connectivity index (χ3v) is 5.67. The second-order valence-electron chi connectivity index (χ2n) is 7.39. The van der Waals surface area contributed by atoms with E-state index in [1.165, 1.54) is 0 Å². The first kappa shape index (κ1) is 18.6. The second kappa shape index (κ2) is 7.76. The SMILES string of the molecule is O=c1[nH]c2ccc(Cl)cc2c(Cc2ccccc2)c1C1=NNC(c2cccnc2)C1. The fourth-order valence-corrected chi connectivity index (χ4v) is 4.17. The van der Waals surface area contributed by atoms with E-state index in [9.17, 15) is 4.79 Å². The quantitative estimate of drug-likeness (QED) is 0.512. The summed E-state index contributed by atoms with van der Waals surface area (Å²) in [5, 5.41) is 6.11. The van der Waals surface area contributed by atoms with Crippen molar-refractivity contribution in [1.29, 1.82) is 0 Å². The largest absolute Gasteiger partial charge is 0.321 e. The van der Waals surface area contributed by atoms with E-state index in [1.54, 1.807) is 12.3 Å². The molecule has 1 aliphatic rings. The van der Waals surface area contributed by atoms with Crippen LogP contribution >= 0.6 is 11.6 Å². The summed E-state index contributed by atoms with van der Waals surface area (Å²) in [5.41, 5.74) is 8.28. The van der Waals surface area contributed by atoms with Crippen LogP contribution in [0.5, 0.6) is 0 Å². The zero-order valence-electron chi connectivity index (χ0n) is 16.1. The Labute approximate surface area is 178 Å². The topological polar surface area (TPSA) is 70.1 Å². The number of halogens is 1. The average Bonchev–Trinajstić information content (AvgIpc) is 3.25. The number of aromatic amines is 1. The van der Waals surface area contributed by atoms with Gasteiger partial charge in [-0.05, 0) is 47.4 Å². The Balaban J connectivity index is 1.63. The minimum absolute atomic E-state index is 0.00673. The summed E-state index contributed by atoms with van der Waals surface area (Å²) in [7, 11) is 0. The molecule has 6 heteroatoms. The molecule has 0 saturated carbocycles. The van der Waals surface area contributed by atoms with Crippen molar-refractivity contribution in [3.05, 3.63) is 111 Å². The molecule has 2 aromatic heterocycles. The molecule has 30 heavy (non-hydrogen) atoms. The van der Waals surface area contributed by atoms with Crippen LogP contribution in [-0.2, 0) is 6.42 Å². The molecule has 0 fully saturated rings. The molecule has 148 valence electrons. The van der Waals surface area contributed by atoms with E-state index in [1.807, 2.05) is 48.7 Å². The molecule has 1 atom stereocenters. The van der Waals surface area contributed by atoms with Crippen LogP contribution in [0, 0.1) is 0 Å². The Hall–Kier alpha value is -3.44. The first-order valence-electron chi connectivity index (χ1n) is 9.80. The standard InChI is InChI=1S/C24H19ClN4O/c25-17-8-9-20-18(12-17)19(11-15-5-2-1-3-6-15)23(24(30)27-20)22-13-21(28-29-22)16-7-4-10-26-14-16/h1-10,12,14,21,28H,11,13H2,(H,27,30). The average molecular weight is 415 g/mol. The molecule has 2 N–H and O–H groups in total. The first-order chi connectivity index (χ1) is 14.7. The van der Waals surface area contributed by atoms with Gasteiger partial charge in [-0.2, -0.15) is 5.10 Å². The summed E-state index contributed by atoms with van der Waals surface area (Å²) in [6, 6.07) is 19.6. The predicted molar refractivity (Wildman–Crippen MR) is 120 cm³/mol. The zero-order valence-corrected chi connectivity index (χ0v) is 16.9. The monoisotopic (exact) mass is 414 g/mol. The molecule has 0 saturated heterocycles. The van der Waals surface area contributed by atoms with E-state index >= 15 is 0 Å². The summed E-state index contributed by atoms with van der Waals surface area (Å²) in [6.45, 7) is 0. The molecule has 0 bridgehead atoms. The molecule has 1 unspecified atom stereocenters. The molecular weight excluding hydrogens is 396 g/mol. The summed E-state index contributed by atoms with van der Waals surface area (Å²) in [5.74, 6) is 0. The third-order valence-electron chi connectivity index (χ3n) is 5.44. The predicted octanol–water partition coefficient (Wildman–Crippen LogP) is 4.61. The lowest BCUT2D eigenvalue weighted by molar-refractivity contribution is 0.618. The van der Waals surface area contributed by atoms with Gasteiger partial charge in [0.05, 0.1) is 17.3 Å². The number of nitrogens with zero attached hydrogens (tertiary/aromatic N) is 2. The molecular formula is C24H19ClN4O. The number of nitrogens with one attached hydrogen (secondary N) is 2. The molecule has 1 aliphatic heterocycles. The van der Waals surface area contributed by atoms with Gasteiger partial charge in [-0.1, -0.05) is 48.0 Å². The van der Waals surface area contributed by atoms with Crippen molar-refractivity contribution >= 4 is 28.2 Å². The van der Waals surface area contributed by atoms with Gasteiger partial charge in [-0.3, -0.25) is 9.78 Å². The molecule has 2 aromatic carbocycles. The maximum atomic E-state index is 13.1. The van der Waals surface area contributed by atoms with Crippen molar-refractivity contribution in [2.24, 2.45) is 5.10 Å². The number of hydrazone groups is 1. The van der Waals surface area contributed by atoms with Crippen molar-refractivity contribution < 1.29 is 0 Å². The van der Waals surface area contributed by atoms with E-state index in [-0.39, 0.29) is 11.6 Å². The Morgan fingerprint density at radius 1 is 1.07 bits per heavy atom. The zero-order chi connectivity index (χ0) is 20.5. The summed E-state index contributed by atoms with van der Waals surface area (Å²) < 4.78 is 0.